The number of aliphatic hydroxyl groups is 1. The topological polar surface area (TPSA) is 87.8 Å². The second-order valence-corrected chi connectivity index (χ2v) is 4.49. The zero-order valence-electron chi connectivity index (χ0n) is 9.75. The first-order valence-corrected chi connectivity index (χ1v) is 5.31. The Balaban J connectivity index is 2.19. The van der Waals surface area contributed by atoms with E-state index >= 15 is 0 Å². The molecule has 1 aliphatic heterocycles. The molecule has 0 unspecified atom stereocenters. The molecule has 7 heteroatoms. The van der Waals surface area contributed by atoms with E-state index in [2.05, 4.69) is 9.82 Å². The third kappa shape index (κ3) is 2.40. The van der Waals surface area contributed by atoms with Crippen molar-refractivity contribution in [3.8, 4) is 0 Å². The molecule has 1 aliphatic rings. The first kappa shape index (κ1) is 11.9. The lowest BCUT2D eigenvalue weighted by atomic mass is 10.1. The van der Waals surface area contributed by atoms with Gasteiger partial charge in [0.2, 0.25) is 0 Å². The second kappa shape index (κ2) is 4.01. The number of carboxylic acid groups (broad SMARTS) is 1. The van der Waals surface area contributed by atoms with Gasteiger partial charge in [-0.3, -0.25) is 0 Å². The summed E-state index contributed by atoms with van der Waals surface area (Å²) >= 11 is 0. The van der Waals surface area contributed by atoms with Crippen molar-refractivity contribution < 1.29 is 19.8 Å². The third-order valence-electron chi connectivity index (χ3n) is 2.66. The molecule has 0 bridgehead atoms. The molecule has 1 aromatic heterocycles. The van der Waals surface area contributed by atoms with Gasteiger partial charge in [0, 0.05) is 6.54 Å². The highest BCUT2D eigenvalue weighted by Crippen LogP contribution is 2.23. The van der Waals surface area contributed by atoms with Crippen molar-refractivity contribution in [2.24, 2.45) is 0 Å². The zero-order valence-corrected chi connectivity index (χ0v) is 9.75. The van der Waals surface area contributed by atoms with Crippen molar-refractivity contribution in [2.75, 3.05) is 6.54 Å². The normalized spacial score (nSPS) is 16.6. The molecule has 0 aromatic carbocycles. The van der Waals surface area contributed by atoms with Crippen LogP contribution in [0, 0.1) is 0 Å². The maximum absolute atomic E-state index is 10.4. The molecule has 0 aliphatic carbocycles. The van der Waals surface area contributed by atoms with Crippen LogP contribution in [0.3, 0.4) is 0 Å². The van der Waals surface area contributed by atoms with E-state index in [1.54, 1.807) is 20.0 Å². The number of hydroxylamine groups is 2. The molecular formula is C10H15N3O4. The highest BCUT2D eigenvalue weighted by Gasteiger charge is 2.28. The number of aromatic nitrogens is 2. The summed E-state index contributed by atoms with van der Waals surface area (Å²) in [5.41, 5.74) is -0.233. The predicted octanol–water partition coefficient (Wildman–Crippen LogP) is 0.536. The van der Waals surface area contributed by atoms with E-state index in [0.717, 1.165) is 5.69 Å². The summed E-state index contributed by atoms with van der Waals surface area (Å²) in [6.07, 6.45) is 0.285. The van der Waals surface area contributed by atoms with Gasteiger partial charge in [-0.05, 0) is 13.8 Å². The Morgan fingerprint density at radius 1 is 1.53 bits per heavy atom. The second-order valence-electron chi connectivity index (χ2n) is 4.49. The minimum absolute atomic E-state index is 0.294. The van der Waals surface area contributed by atoms with Gasteiger partial charge in [0.1, 0.15) is 11.4 Å². The summed E-state index contributed by atoms with van der Waals surface area (Å²) in [6.45, 7) is 4.66. The predicted molar refractivity (Wildman–Crippen MR) is 57.0 cm³/mol. The number of rotatable bonds is 2. The summed E-state index contributed by atoms with van der Waals surface area (Å²) in [7, 11) is 0. The van der Waals surface area contributed by atoms with E-state index in [0.29, 0.717) is 25.5 Å². The van der Waals surface area contributed by atoms with Crippen LogP contribution < -0.4 is 0 Å². The summed E-state index contributed by atoms with van der Waals surface area (Å²) in [5, 5.41) is 19.8. The van der Waals surface area contributed by atoms with Crippen LogP contribution in [0.1, 0.15) is 25.4 Å². The summed E-state index contributed by atoms with van der Waals surface area (Å²) in [6, 6.07) is 0. The lowest BCUT2D eigenvalue weighted by Crippen LogP contribution is -2.37. The molecule has 2 N–H and O–H groups in total. The highest BCUT2D eigenvalue weighted by molar-refractivity contribution is 5.56. The van der Waals surface area contributed by atoms with Crippen molar-refractivity contribution in [3.05, 3.63) is 17.7 Å². The quantitative estimate of drug-likeness (QED) is 0.785. The van der Waals surface area contributed by atoms with Crippen molar-refractivity contribution >= 4 is 6.16 Å². The van der Waals surface area contributed by atoms with Gasteiger partial charge < -0.3 is 19.6 Å². The number of hydrogen-bond acceptors (Lipinski definition) is 5. The van der Waals surface area contributed by atoms with Gasteiger partial charge in [0.25, 0.3) is 0 Å². The maximum Gasteiger partial charge on any atom is 0.525 e. The Morgan fingerprint density at radius 2 is 2.24 bits per heavy atom. The van der Waals surface area contributed by atoms with E-state index < -0.39 is 11.8 Å². The third-order valence-corrected chi connectivity index (χ3v) is 2.66. The Morgan fingerprint density at radius 3 is 2.82 bits per heavy atom. The van der Waals surface area contributed by atoms with Crippen LogP contribution in [0.2, 0.25) is 0 Å². The molecule has 17 heavy (non-hydrogen) atoms. The molecule has 0 saturated carbocycles. The standard InChI is InChI=1S/C10H15N3O4/c1-10(2,16)7-5-11-8-6-12(17-9(14)15)3-4-13(7)8/h5,16H,3-4,6H2,1-2H3,(H,14,15). The van der Waals surface area contributed by atoms with Gasteiger partial charge in [0.05, 0.1) is 25.0 Å². The molecule has 0 spiro atoms. The zero-order chi connectivity index (χ0) is 12.6. The van der Waals surface area contributed by atoms with Crippen LogP contribution in [0.25, 0.3) is 0 Å². The number of hydrogen-bond donors (Lipinski definition) is 2. The molecule has 0 saturated heterocycles. The molecule has 1 aromatic rings. The molecule has 0 atom stereocenters. The number of nitrogens with zero attached hydrogens (tertiary/aromatic N) is 3. The average molecular weight is 241 g/mol. The van der Waals surface area contributed by atoms with Crippen molar-refractivity contribution in [1.82, 2.24) is 14.6 Å². The van der Waals surface area contributed by atoms with Crippen LogP contribution in [0.4, 0.5) is 4.79 Å². The Kier molecular flexibility index (Phi) is 2.80. The van der Waals surface area contributed by atoms with Gasteiger partial charge in [-0.25, -0.2) is 9.78 Å². The number of carbonyl (C=O) groups is 1. The van der Waals surface area contributed by atoms with Gasteiger partial charge in [0.15, 0.2) is 0 Å². The Labute approximate surface area is 98.2 Å². The van der Waals surface area contributed by atoms with Gasteiger partial charge in [-0.2, -0.15) is 0 Å². The van der Waals surface area contributed by atoms with Gasteiger partial charge in [-0.15, -0.1) is 5.06 Å². The molecule has 0 amide bonds. The van der Waals surface area contributed by atoms with Gasteiger partial charge >= 0.3 is 6.16 Å². The first-order valence-electron chi connectivity index (χ1n) is 5.31. The van der Waals surface area contributed by atoms with E-state index in [1.807, 2.05) is 4.57 Å². The summed E-state index contributed by atoms with van der Waals surface area (Å²) < 4.78 is 1.89. The fraction of sp³-hybridized carbons (Fsp3) is 0.600. The maximum atomic E-state index is 10.4. The van der Waals surface area contributed by atoms with Crippen LogP contribution >= 0.6 is 0 Å². The molecule has 2 heterocycles. The fourth-order valence-electron chi connectivity index (χ4n) is 1.91. The van der Waals surface area contributed by atoms with Crippen LogP contribution in [-0.2, 0) is 23.5 Å². The van der Waals surface area contributed by atoms with E-state index in [-0.39, 0.29) is 0 Å². The number of imidazole rings is 1. The van der Waals surface area contributed by atoms with E-state index in [4.69, 9.17) is 5.11 Å². The largest absolute Gasteiger partial charge is 0.525 e. The molecule has 0 radical (unpaired) electrons. The van der Waals surface area contributed by atoms with Crippen molar-refractivity contribution in [1.29, 1.82) is 0 Å². The highest BCUT2D eigenvalue weighted by atomic mass is 16.8. The summed E-state index contributed by atoms with van der Waals surface area (Å²) in [5.74, 6) is 0.689. The average Bonchev–Trinajstić information content (AvgIpc) is 2.58. The van der Waals surface area contributed by atoms with Crippen LogP contribution in [-0.4, -0.2) is 37.5 Å². The Hall–Kier alpha value is -1.60. The van der Waals surface area contributed by atoms with Crippen molar-refractivity contribution in [2.45, 2.75) is 32.5 Å². The SMILES string of the molecule is CC(C)(O)c1cnc2n1CCN(OC(=O)O)C2. The monoisotopic (exact) mass is 241 g/mol. The van der Waals surface area contributed by atoms with Crippen LogP contribution in [0.15, 0.2) is 6.20 Å². The Bertz CT molecular complexity index is 435. The molecule has 7 nitrogen and oxygen atoms in total. The van der Waals surface area contributed by atoms with E-state index in [9.17, 15) is 9.90 Å². The lowest BCUT2D eigenvalue weighted by Gasteiger charge is -2.28. The minimum atomic E-state index is -1.33. The molecular weight excluding hydrogens is 226 g/mol. The molecule has 2 rings (SSSR count). The smallest absolute Gasteiger partial charge is 0.448 e. The summed E-state index contributed by atoms with van der Waals surface area (Å²) in [4.78, 5) is 19.2. The van der Waals surface area contributed by atoms with E-state index in [1.165, 1.54) is 5.06 Å². The molecule has 0 fully saturated rings. The van der Waals surface area contributed by atoms with Crippen LogP contribution in [0.5, 0.6) is 0 Å². The lowest BCUT2D eigenvalue weighted by molar-refractivity contribution is -0.137. The first-order chi connectivity index (χ1) is 7.88. The molecule has 94 valence electrons. The van der Waals surface area contributed by atoms with Crippen molar-refractivity contribution in [3.63, 3.8) is 0 Å². The van der Waals surface area contributed by atoms with Gasteiger partial charge in [-0.1, -0.05) is 0 Å². The number of fused-ring (bicyclic) bond motifs is 1. The fourth-order valence-corrected chi connectivity index (χ4v) is 1.91. The minimum Gasteiger partial charge on any atom is -0.448 e.